The van der Waals surface area contributed by atoms with E-state index in [4.69, 9.17) is 9.52 Å². The van der Waals surface area contributed by atoms with Crippen LogP contribution in [-0.2, 0) is 5.75 Å². The fourth-order valence-corrected chi connectivity index (χ4v) is 0.742. The van der Waals surface area contributed by atoms with E-state index in [1.165, 1.54) is 12.3 Å². The van der Waals surface area contributed by atoms with Gasteiger partial charge in [-0.15, -0.1) is 0 Å². The minimum Gasteiger partial charge on any atom is -0.478 e. The molecule has 0 spiro atoms. The second-order valence-electron chi connectivity index (χ2n) is 1.76. The standard InChI is InChI=1S/C6H6O3S/c7-6(8)4-1-5(3-10)9-2-4/h1-2,10H,3H2,(H,7,8). The largest absolute Gasteiger partial charge is 0.478 e. The predicted molar refractivity (Wildman–Crippen MR) is 38.4 cm³/mol. The van der Waals surface area contributed by atoms with Gasteiger partial charge in [-0.1, -0.05) is 0 Å². The molecule has 0 fully saturated rings. The summed E-state index contributed by atoms with van der Waals surface area (Å²) >= 11 is 3.91. The molecule has 4 heteroatoms. The lowest BCUT2D eigenvalue weighted by Gasteiger charge is -1.80. The monoisotopic (exact) mass is 158 g/mol. The fourth-order valence-electron chi connectivity index (χ4n) is 0.576. The number of carboxylic acids is 1. The van der Waals surface area contributed by atoms with Crippen molar-refractivity contribution in [1.82, 2.24) is 0 Å². The molecule has 0 aliphatic carbocycles. The van der Waals surface area contributed by atoms with Crippen LogP contribution in [0.2, 0.25) is 0 Å². The van der Waals surface area contributed by atoms with E-state index in [-0.39, 0.29) is 5.56 Å². The molecule has 0 saturated carbocycles. The van der Waals surface area contributed by atoms with Crippen molar-refractivity contribution in [2.75, 3.05) is 0 Å². The molecule has 0 atom stereocenters. The summed E-state index contributed by atoms with van der Waals surface area (Å²) in [6, 6.07) is 1.45. The summed E-state index contributed by atoms with van der Waals surface area (Å²) < 4.78 is 4.82. The number of furan rings is 1. The summed E-state index contributed by atoms with van der Waals surface area (Å²) in [6.07, 6.45) is 1.20. The van der Waals surface area contributed by atoms with Crippen molar-refractivity contribution in [2.24, 2.45) is 0 Å². The maximum absolute atomic E-state index is 10.2. The minimum absolute atomic E-state index is 0.170. The summed E-state index contributed by atoms with van der Waals surface area (Å²) in [5.74, 6) is 0.0188. The summed E-state index contributed by atoms with van der Waals surface area (Å²) in [7, 11) is 0. The van der Waals surface area contributed by atoms with Crippen LogP contribution in [0.4, 0.5) is 0 Å². The first-order valence-corrected chi connectivity index (χ1v) is 3.29. The van der Waals surface area contributed by atoms with Crippen molar-refractivity contribution in [1.29, 1.82) is 0 Å². The first kappa shape index (κ1) is 7.21. The lowest BCUT2D eigenvalue weighted by Crippen LogP contribution is -1.91. The summed E-state index contributed by atoms with van der Waals surface area (Å²) in [5, 5.41) is 8.41. The zero-order valence-electron chi connectivity index (χ0n) is 5.07. The zero-order valence-corrected chi connectivity index (χ0v) is 5.97. The lowest BCUT2D eigenvalue weighted by atomic mass is 10.3. The van der Waals surface area contributed by atoms with E-state index in [0.717, 1.165) is 0 Å². The Labute approximate surface area is 63.1 Å². The average Bonchev–Trinajstić information content (AvgIpc) is 2.34. The predicted octanol–water partition coefficient (Wildman–Crippen LogP) is 1.41. The Morgan fingerprint density at radius 1 is 1.80 bits per heavy atom. The Balaban J connectivity index is 2.88. The Morgan fingerprint density at radius 2 is 2.50 bits per heavy atom. The van der Waals surface area contributed by atoms with Gasteiger partial charge in [-0.3, -0.25) is 0 Å². The van der Waals surface area contributed by atoms with Gasteiger partial charge in [-0.2, -0.15) is 12.6 Å². The van der Waals surface area contributed by atoms with Crippen LogP contribution in [0, 0.1) is 0 Å². The van der Waals surface area contributed by atoms with E-state index in [2.05, 4.69) is 12.6 Å². The number of carbonyl (C=O) groups is 1. The number of hydrogen-bond donors (Lipinski definition) is 2. The molecule has 10 heavy (non-hydrogen) atoms. The second-order valence-corrected chi connectivity index (χ2v) is 2.08. The summed E-state index contributed by atoms with van der Waals surface area (Å²) in [6.45, 7) is 0. The van der Waals surface area contributed by atoms with Gasteiger partial charge in [-0.25, -0.2) is 4.79 Å². The first-order chi connectivity index (χ1) is 4.74. The van der Waals surface area contributed by atoms with E-state index < -0.39 is 5.97 Å². The van der Waals surface area contributed by atoms with Crippen LogP contribution in [0.15, 0.2) is 16.7 Å². The third-order valence-corrected chi connectivity index (χ3v) is 1.37. The molecule has 1 heterocycles. The number of thiol groups is 1. The van der Waals surface area contributed by atoms with Crippen molar-refractivity contribution < 1.29 is 14.3 Å². The maximum Gasteiger partial charge on any atom is 0.338 e. The normalized spacial score (nSPS) is 9.70. The highest BCUT2D eigenvalue weighted by Crippen LogP contribution is 2.09. The molecule has 0 saturated heterocycles. The highest BCUT2D eigenvalue weighted by Gasteiger charge is 2.05. The SMILES string of the molecule is O=C(O)c1coc(CS)c1. The average molecular weight is 158 g/mol. The van der Waals surface area contributed by atoms with Gasteiger partial charge in [0.15, 0.2) is 0 Å². The number of rotatable bonds is 2. The van der Waals surface area contributed by atoms with Crippen LogP contribution < -0.4 is 0 Å². The van der Waals surface area contributed by atoms with Gasteiger partial charge in [0.2, 0.25) is 0 Å². The Kier molecular flexibility index (Phi) is 2.01. The summed E-state index contributed by atoms with van der Waals surface area (Å²) in [5.41, 5.74) is 0.170. The first-order valence-electron chi connectivity index (χ1n) is 2.65. The molecule has 0 aromatic carbocycles. The van der Waals surface area contributed by atoms with Crippen LogP contribution in [0.1, 0.15) is 16.1 Å². The third kappa shape index (κ3) is 1.33. The van der Waals surface area contributed by atoms with Crippen LogP contribution in [0.5, 0.6) is 0 Å². The highest BCUT2D eigenvalue weighted by molar-refractivity contribution is 7.79. The van der Waals surface area contributed by atoms with Crippen molar-refractivity contribution in [3.05, 3.63) is 23.7 Å². The van der Waals surface area contributed by atoms with Crippen molar-refractivity contribution in [2.45, 2.75) is 5.75 Å². The molecule has 54 valence electrons. The smallest absolute Gasteiger partial charge is 0.338 e. The second kappa shape index (κ2) is 2.79. The topological polar surface area (TPSA) is 50.4 Å². The summed E-state index contributed by atoms with van der Waals surface area (Å²) in [4.78, 5) is 10.2. The molecule has 1 aromatic rings. The van der Waals surface area contributed by atoms with Gasteiger partial charge in [-0.05, 0) is 6.07 Å². The zero-order chi connectivity index (χ0) is 7.56. The van der Waals surface area contributed by atoms with Crippen molar-refractivity contribution in [3.63, 3.8) is 0 Å². The van der Waals surface area contributed by atoms with E-state index in [0.29, 0.717) is 11.5 Å². The van der Waals surface area contributed by atoms with Gasteiger partial charge in [0.25, 0.3) is 0 Å². The van der Waals surface area contributed by atoms with Gasteiger partial charge < -0.3 is 9.52 Å². The molecule has 0 aliphatic rings. The van der Waals surface area contributed by atoms with E-state index in [9.17, 15) is 4.79 Å². The van der Waals surface area contributed by atoms with Crippen molar-refractivity contribution >= 4 is 18.6 Å². The van der Waals surface area contributed by atoms with E-state index >= 15 is 0 Å². The van der Waals surface area contributed by atoms with Crippen molar-refractivity contribution in [3.8, 4) is 0 Å². The minimum atomic E-state index is -0.975. The van der Waals surface area contributed by atoms with Crippen LogP contribution >= 0.6 is 12.6 Å². The molecule has 0 radical (unpaired) electrons. The Bertz CT molecular complexity index is 241. The molecular formula is C6H6O3S. The Hall–Kier alpha value is -0.900. The molecular weight excluding hydrogens is 152 g/mol. The molecule has 0 amide bonds. The van der Waals surface area contributed by atoms with E-state index in [1.54, 1.807) is 0 Å². The Morgan fingerprint density at radius 3 is 2.80 bits per heavy atom. The molecule has 0 bridgehead atoms. The van der Waals surface area contributed by atoms with Crippen LogP contribution in [0.25, 0.3) is 0 Å². The van der Waals surface area contributed by atoms with Gasteiger partial charge in [0.05, 0.1) is 5.56 Å². The number of aromatic carboxylic acids is 1. The number of hydrogen-bond acceptors (Lipinski definition) is 3. The number of carboxylic acid groups (broad SMARTS) is 1. The quantitative estimate of drug-likeness (QED) is 0.640. The fraction of sp³-hybridized carbons (Fsp3) is 0.167. The molecule has 3 nitrogen and oxygen atoms in total. The maximum atomic E-state index is 10.2. The van der Waals surface area contributed by atoms with Gasteiger partial charge in [0.1, 0.15) is 12.0 Å². The third-order valence-electron chi connectivity index (χ3n) is 1.06. The molecule has 0 unspecified atom stereocenters. The molecule has 0 aliphatic heterocycles. The molecule has 1 aromatic heterocycles. The van der Waals surface area contributed by atoms with Gasteiger partial charge in [0, 0.05) is 5.75 Å². The molecule has 1 rings (SSSR count). The van der Waals surface area contributed by atoms with Gasteiger partial charge >= 0.3 is 5.97 Å². The lowest BCUT2D eigenvalue weighted by molar-refractivity contribution is 0.0696. The van der Waals surface area contributed by atoms with Crippen LogP contribution in [0.3, 0.4) is 0 Å². The molecule has 1 N–H and O–H groups in total. The highest BCUT2D eigenvalue weighted by atomic mass is 32.1. The van der Waals surface area contributed by atoms with E-state index in [1.807, 2.05) is 0 Å². The van der Waals surface area contributed by atoms with Crippen LogP contribution in [-0.4, -0.2) is 11.1 Å².